The van der Waals surface area contributed by atoms with Crippen LogP contribution in [0.4, 0.5) is 0 Å². The topological polar surface area (TPSA) is 43.7 Å². The van der Waals surface area contributed by atoms with E-state index in [1.54, 1.807) is 6.92 Å². The molecule has 0 radical (unpaired) electrons. The number of aliphatic hydroxyl groups excluding tert-OH is 2. The summed E-state index contributed by atoms with van der Waals surface area (Å²) in [6.07, 6.45) is 0.182. The van der Waals surface area contributed by atoms with E-state index in [4.69, 9.17) is 5.11 Å². The highest BCUT2D eigenvalue weighted by Gasteiger charge is 2.29. The van der Waals surface area contributed by atoms with Crippen LogP contribution in [0.1, 0.15) is 13.3 Å². The minimum absolute atomic E-state index is 0.241. The number of hydrogen-bond donors (Lipinski definition) is 2. The van der Waals surface area contributed by atoms with Crippen molar-refractivity contribution in [2.75, 3.05) is 20.1 Å². The van der Waals surface area contributed by atoms with Crippen molar-refractivity contribution in [3.05, 3.63) is 0 Å². The maximum atomic E-state index is 9.46. The molecular formula is C8H17NO2. The maximum absolute atomic E-state index is 9.46. The van der Waals surface area contributed by atoms with Gasteiger partial charge in [0, 0.05) is 19.0 Å². The quantitative estimate of drug-likeness (QED) is 0.580. The van der Waals surface area contributed by atoms with Crippen molar-refractivity contribution in [2.24, 2.45) is 5.92 Å². The summed E-state index contributed by atoms with van der Waals surface area (Å²) in [7, 11) is 1.99. The smallest absolute Gasteiger partial charge is 0.0708 e. The van der Waals surface area contributed by atoms with Gasteiger partial charge in [-0.2, -0.15) is 0 Å². The van der Waals surface area contributed by atoms with Gasteiger partial charge in [-0.3, -0.25) is 0 Å². The Kier molecular flexibility index (Phi) is 2.87. The van der Waals surface area contributed by atoms with Crippen molar-refractivity contribution in [1.29, 1.82) is 0 Å². The van der Waals surface area contributed by atoms with Crippen LogP contribution in [-0.4, -0.2) is 47.5 Å². The van der Waals surface area contributed by atoms with E-state index in [-0.39, 0.29) is 18.1 Å². The summed E-state index contributed by atoms with van der Waals surface area (Å²) >= 11 is 0. The summed E-state index contributed by atoms with van der Waals surface area (Å²) in [6, 6.07) is 0. The number of nitrogens with zero attached hydrogens (tertiary/aromatic N) is 1. The molecule has 1 fully saturated rings. The first-order chi connectivity index (χ1) is 5.09. The molecule has 1 aliphatic heterocycles. The molecule has 0 aromatic rings. The molecule has 0 bridgehead atoms. The predicted octanol–water partition coefficient (Wildman–Crippen LogP) is -0.320. The molecule has 3 nitrogen and oxygen atoms in total. The van der Waals surface area contributed by atoms with Gasteiger partial charge in [0.15, 0.2) is 0 Å². The minimum Gasteiger partial charge on any atom is -0.393 e. The largest absolute Gasteiger partial charge is 0.393 e. The number of aliphatic hydroxyl groups is 2. The molecule has 3 atom stereocenters. The summed E-state index contributed by atoms with van der Waals surface area (Å²) in [6.45, 7) is 3.43. The Hall–Kier alpha value is -0.120. The Balaban J connectivity index is 2.34. The SMILES string of the molecule is CC(O)CC1CN(C)CC1O. The average molecular weight is 159 g/mol. The van der Waals surface area contributed by atoms with Crippen LogP contribution in [0.5, 0.6) is 0 Å². The molecule has 2 N–H and O–H groups in total. The molecule has 1 heterocycles. The van der Waals surface area contributed by atoms with E-state index in [0.29, 0.717) is 6.42 Å². The Morgan fingerprint density at radius 2 is 2.18 bits per heavy atom. The van der Waals surface area contributed by atoms with Gasteiger partial charge >= 0.3 is 0 Å². The van der Waals surface area contributed by atoms with E-state index < -0.39 is 0 Å². The van der Waals surface area contributed by atoms with Crippen LogP contribution in [0.2, 0.25) is 0 Å². The van der Waals surface area contributed by atoms with Crippen LogP contribution in [0.15, 0.2) is 0 Å². The van der Waals surface area contributed by atoms with Gasteiger partial charge in [-0.25, -0.2) is 0 Å². The zero-order valence-corrected chi connectivity index (χ0v) is 7.20. The highest BCUT2D eigenvalue weighted by Crippen LogP contribution is 2.19. The van der Waals surface area contributed by atoms with Crippen LogP contribution in [0, 0.1) is 5.92 Å². The van der Waals surface area contributed by atoms with Gasteiger partial charge in [-0.05, 0) is 20.4 Å². The summed E-state index contributed by atoms with van der Waals surface area (Å²) in [4.78, 5) is 2.09. The second-order valence-corrected chi connectivity index (χ2v) is 3.63. The first-order valence-electron chi connectivity index (χ1n) is 4.14. The molecule has 3 heteroatoms. The van der Waals surface area contributed by atoms with Crippen molar-refractivity contribution in [3.8, 4) is 0 Å². The minimum atomic E-state index is -0.291. The van der Waals surface area contributed by atoms with E-state index in [9.17, 15) is 5.11 Å². The lowest BCUT2D eigenvalue weighted by Crippen LogP contribution is -2.21. The first kappa shape index (κ1) is 8.97. The molecule has 0 amide bonds. The summed E-state index contributed by atoms with van der Waals surface area (Å²) in [5.41, 5.74) is 0. The zero-order valence-electron chi connectivity index (χ0n) is 7.20. The van der Waals surface area contributed by atoms with Crippen LogP contribution < -0.4 is 0 Å². The standard InChI is InChI=1S/C8H17NO2/c1-6(10)3-7-4-9(2)5-8(7)11/h6-8,10-11H,3-5H2,1-2H3. The lowest BCUT2D eigenvalue weighted by atomic mass is 9.99. The predicted molar refractivity (Wildman–Crippen MR) is 43.3 cm³/mol. The van der Waals surface area contributed by atoms with Gasteiger partial charge in [-0.1, -0.05) is 0 Å². The van der Waals surface area contributed by atoms with Gasteiger partial charge < -0.3 is 15.1 Å². The van der Waals surface area contributed by atoms with Gasteiger partial charge in [0.2, 0.25) is 0 Å². The van der Waals surface area contributed by atoms with Gasteiger partial charge in [0.05, 0.1) is 12.2 Å². The number of rotatable bonds is 2. The van der Waals surface area contributed by atoms with Crippen LogP contribution >= 0.6 is 0 Å². The monoisotopic (exact) mass is 159 g/mol. The highest BCUT2D eigenvalue weighted by atomic mass is 16.3. The fourth-order valence-corrected chi connectivity index (χ4v) is 1.73. The summed E-state index contributed by atoms with van der Waals surface area (Å²) in [5, 5.41) is 18.5. The zero-order chi connectivity index (χ0) is 8.43. The molecule has 0 aromatic carbocycles. The number of hydrogen-bond acceptors (Lipinski definition) is 3. The Morgan fingerprint density at radius 3 is 2.55 bits per heavy atom. The second kappa shape index (κ2) is 3.52. The molecule has 0 spiro atoms. The molecule has 0 saturated carbocycles. The van der Waals surface area contributed by atoms with Crippen molar-refractivity contribution < 1.29 is 10.2 Å². The van der Waals surface area contributed by atoms with Crippen molar-refractivity contribution in [2.45, 2.75) is 25.6 Å². The normalized spacial score (nSPS) is 36.0. The number of likely N-dealkylation sites (tertiary alicyclic amines) is 1. The summed E-state index contributed by atoms with van der Waals surface area (Å²) < 4.78 is 0. The van der Waals surface area contributed by atoms with E-state index in [1.165, 1.54) is 0 Å². The number of likely N-dealkylation sites (N-methyl/N-ethyl adjacent to an activating group) is 1. The molecule has 66 valence electrons. The lowest BCUT2D eigenvalue weighted by Gasteiger charge is -2.14. The molecule has 0 aromatic heterocycles. The third-order valence-electron chi connectivity index (χ3n) is 2.23. The van der Waals surface area contributed by atoms with E-state index in [2.05, 4.69) is 4.90 Å². The molecular weight excluding hydrogens is 142 g/mol. The summed E-state index contributed by atoms with van der Waals surface area (Å²) in [5.74, 6) is 0.264. The van der Waals surface area contributed by atoms with Crippen molar-refractivity contribution in [1.82, 2.24) is 4.90 Å². The fourth-order valence-electron chi connectivity index (χ4n) is 1.73. The molecule has 1 rings (SSSR count). The fraction of sp³-hybridized carbons (Fsp3) is 1.00. The van der Waals surface area contributed by atoms with E-state index in [1.807, 2.05) is 7.05 Å². The van der Waals surface area contributed by atoms with E-state index >= 15 is 0 Å². The van der Waals surface area contributed by atoms with Crippen LogP contribution in [0.25, 0.3) is 0 Å². The average Bonchev–Trinajstić information content (AvgIpc) is 2.09. The third kappa shape index (κ3) is 2.43. The first-order valence-corrected chi connectivity index (χ1v) is 4.14. The molecule has 3 unspecified atom stereocenters. The van der Waals surface area contributed by atoms with Gasteiger partial charge in [0.25, 0.3) is 0 Å². The lowest BCUT2D eigenvalue weighted by molar-refractivity contribution is 0.0975. The molecule has 1 saturated heterocycles. The number of β-amino-alcohol motifs (C(OH)–C–C–N with tert-alkyl or cyclic N) is 1. The van der Waals surface area contributed by atoms with Crippen LogP contribution in [-0.2, 0) is 0 Å². The molecule has 11 heavy (non-hydrogen) atoms. The molecule has 1 aliphatic rings. The Bertz CT molecular complexity index is 127. The van der Waals surface area contributed by atoms with Crippen molar-refractivity contribution >= 4 is 0 Å². The highest BCUT2D eigenvalue weighted by molar-refractivity contribution is 4.82. The van der Waals surface area contributed by atoms with Crippen LogP contribution in [0.3, 0.4) is 0 Å². The van der Waals surface area contributed by atoms with E-state index in [0.717, 1.165) is 13.1 Å². The molecule has 0 aliphatic carbocycles. The Labute approximate surface area is 67.6 Å². The van der Waals surface area contributed by atoms with Gasteiger partial charge in [0.1, 0.15) is 0 Å². The Morgan fingerprint density at radius 1 is 1.55 bits per heavy atom. The third-order valence-corrected chi connectivity index (χ3v) is 2.23. The second-order valence-electron chi connectivity index (χ2n) is 3.63. The van der Waals surface area contributed by atoms with Gasteiger partial charge in [-0.15, -0.1) is 0 Å². The van der Waals surface area contributed by atoms with Crippen molar-refractivity contribution in [3.63, 3.8) is 0 Å². The maximum Gasteiger partial charge on any atom is 0.0708 e.